The van der Waals surface area contributed by atoms with Gasteiger partial charge in [-0.2, -0.15) is 0 Å². The number of benzene rings is 2. The molecule has 1 heterocycles. The molecule has 1 saturated heterocycles. The first kappa shape index (κ1) is 20.1. The Labute approximate surface area is 166 Å². The Hall–Kier alpha value is -2.64. The Bertz CT molecular complexity index is 963. The van der Waals surface area contributed by atoms with Crippen LogP contribution in [-0.4, -0.2) is 34.0 Å². The second-order valence-electron chi connectivity index (χ2n) is 6.81. The molecule has 1 amide bonds. The number of aryl methyl sites for hydroxylation is 1. The molecular weight excluding hydrogens is 374 g/mol. The van der Waals surface area contributed by atoms with Crippen LogP contribution in [0.3, 0.4) is 0 Å². The van der Waals surface area contributed by atoms with Gasteiger partial charge in [-0.05, 0) is 67.8 Å². The van der Waals surface area contributed by atoms with E-state index in [4.69, 9.17) is 0 Å². The molecule has 28 heavy (non-hydrogen) atoms. The molecule has 7 heteroatoms. The maximum Gasteiger partial charge on any atom is 0.255 e. The van der Waals surface area contributed by atoms with Crippen molar-refractivity contribution < 1.29 is 13.2 Å². The molecule has 0 atom stereocenters. The monoisotopic (exact) mass is 399 g/mol. The van der Waals surface area contributed by atoms with Crippen LogP contribution < -0.4 is 14.9 Å². The van der Waals surface area contributed by atoms with Gasteiger partial charge in [0.2, 0.25) is 10.0 Å². The fourth-order valence-corrected chi connectivity index (χ4v) is 4.19. The van der Waals surface area contributed by atoms with Crippen molar-refractivity contribution in [2.75, 3.05) is 29.9 Å². The van der Waals surface area contributed by atoms with Crippen molar-refractivity contribution in [3.8, 4) is 0 Å². The van der Waals surface area contributed by atoms with Gasteiger partial charge in [0.1, 0.15) is 0 Å². The molecule has 0 aliphatic carbocycles. The van der Waals surface area contributed by atoms with Crippen molar-refractivity contribution in [1.82, 2.24) is 4.72 Å². The Morgan fingerprint density at radius 2 is 1.82 bits per heavy atom. The van der Waals surface area contributed by atoms with Gasteiger partial charge in [-0.15, -0.1) is 6.58 Å². The van der Waals surface area contributed by atoms with Crippen molar-refractivity contribution in [3.63, 3.8) is 0 Å². The summed E-state index contributed by atoms with van der Waals surface area (Å²) in [6.45, 7) is 7.75. The highest BCUT2D eigenvalue weighted by Crippen LogP contribution is 2.26. The second kappa shape index (κ2) is 8.58. The lowest BCUT2D eigenvalue weighted by Crippen LogP contribution is -2.23. The molecule has 148 valence electrons. The largest absolute Gasteiger partial charge is 0.372 e. The van der Waals surface area contributed by atoms with Crippen LogP contribution in [0.15, 0.2) is 60.0 Å². The SMILES string of the molecule is C=CCNS(=O)(=O)c1ccc(C(=O)Nc2ccc(N3CCCC3)cc2C)cc1. The average molecular weight is 400 g/mol. The number of rotatable bonds is 7. The predicted molar refractivity (Wildman–Crippen MR) is 112 cm³/mol. The van der Waals surface area contributed by atoms with Gasteiger partial charge in [-0.25, -0.2) is 13.1 Å². The van der Waals surface area contributed by atoms with Gasteiger partial charge in [0.25, 0.3) is 5.91 Å². The topological polar surface area (TPSA) is 78.5 Å². The number of carbonyl (C=O) groups is 1. The number of amides is 1. The van der Waals surface area contributed by atoms with Gasteiger partial charge in [-0.3, -0.25) is 4.79 Å². The van der Waals surface area contributed by atoms with Crippen LogP contribution in [0, 0.1) is 6.92 Å². The highest BCUT2D eigenvalue weighted by Gasteiger charge is 2.16. The molecule has 0 unspecified atom stereocenters. The second-order valence-corrected chi connectivity index (χ2v) is 8.58. The van der Waals surface area contributed by atoms with Crippen molar-refractivity contribution in [2.45, 2.75) is 24.7 Å². The molecule has 0 saturated carbocycles. The van der Waals surface area contributed by atoms with E-state index in [1.54, 1.807) is 0 Å². The Morgan fingerprint density at radius 3 is 2.43 bits per heavy atom. The fraction of sp³-hybridized carbons (Fsp3) is 0.286. The van der Waals surface area contributed by atoms with E-state index in [1.165, 1.54) is 48.9 Å². The summed E-state index contributed by atoms with van der Waals surface area (Å²) >= 11 is 0. The molecule has 1 aliphatic heterocycles. The van der Waals surface area contributed by atoms with E-state index < -0.39 is 10.0 Å². The summed E-state index contributed by atoms with van der Waals surface area (Å²) in [5.74, 6) is -0.278. The molecule has 0 bridgehead atoms. The molecule has 2 aromatic rings. The summed E-state index contributed by atoms with van der Waals surface area (Å²) in [6, 6.07) is 11.9. The Kier molecular flexibility index (Phi) is 6.16. The molecule has 0 spiro atoms. The fourth-order valence-electron chi connectivity index (χ4n) is 3.19. The van der Waals surface area contributed by atoms with E-state index in [-0.39, 0.29) is 17.3 Å². The van der Waals surface area contributed by atoms with Crippen LogP contribution in [0.2, 0.25) is 0 Å². The van der Waals surface area contributed by atoms with Crippen LogP contribution >= 0.6 is 0 Å². The van der Waals surface area contributed by atoms with Gasteiger partial charge >= 0.3 is 0 Å². The van der Waals surface area contributed by atoms with E-state index >= 15 is 0 Å². The minimum absolute atomic E-state index is 0.108. The first-order valence-electron chi connectivity index (χ1n) is 9.28. The molecule has 1 fully saturated rings. The van der Waals surface area contributed by atoms with E-state index in [9.17, 15) is 13.2 Å². The van der Waals surface area contributed by atoms with Crippen LogP contribution in [-0.2, 0) is 10.0 Å². The zero-order chi connectivity index (χ0) is 20.1. The highest BCUT2D eigenvalue weighted by atomic mass is 32.2. The average Bonchev–Trinajstić information content (AvgIpc) is 3.23. The Balaban J connectivity index is 1.70. The quantitative estimate of drug-likeness (QED) is 0.700. The van der Waals surface area contributed by atoms with Crippen LogP contribution in [0.4, 0.5) is 11.4 Å². The number of carbonyl (C=O) groups excluding carboxylic acids is 1. The lowest BCUT2D eigenvalue weighted by atomic mass is 10.1. The van der Waals surface area contributed by atoms with E-state index in [2.05, 4.69) is 27.6 Å². The summed E-state index contributed by atoms with van der Waals surface area (Å²) < 4.78 is 26.6. The van der Waals surface area contributed by atoms with E-state index in [0.717, 1.165) is 24.3 Å². The molecule has 0 radical (unpaired) electrons. The summed E-state index contributed by atoms with van der Waals surface area (Å²) in [6.07, 6.45) is 3.90. The maximum atomic E-state index is 12.5. The third-order valence-electron chi connectivity index (χ3n) is 4.77. The third kappa shape index (κ3) is 4.61. The zero-order valence-electron chi connectivity index (χ0n) is 15.9. The molecule has 0 aromatic heterocycles. The molecular formula is C21H25N3O3S. The number of nitrogens with zero attached hydrogens (tertiary/aromatic N) is 1. The number of hydrogen-bond acceptors (Lipinski definition) is 4. The highest BCUT2D eigenvalue weighted by molar-refractivity contribution is 7.89. The van der Waals surface area contributed by atoms with Gasteiger partial charge in [0, 0.05) is 36.6 Å². The number of hydrogen-bond donors (Lipinski definition) is 2. The Morgan fingerprint density at radius 1 is 1.14 bits per heavy atom. The zero-order valence-corrected chi connectivity index (χ0v) is 16.8. The molecule has 2 N–H and O–H groups in total. The van der Waals surface area contributed by atoms with Crippen molar-refractivity contribution in [2.24, 2.45) is 0 Å². The predicted octanol–water partition coefficient (Wildman–Crippen LogP) is 3.31. The standard InChI is InChI=1S/C21H25N3O3S/c1-3-12-22-28(26,27)19-9-6-17(7-10-19)21(25)23-20-11-8-18(15-16(20)2)24-13-4-5-14-24/h3,6-11,15,22H,1,4-5,12-14H2,2H3,(H,23,25). The van der Waals surface area contributed by atoms with Gasteiger partial charge in [0.15, 0.2) is 0 Å². The van der Waals surface area contributed by atoms with E-state index in [0.29, 0.717) is 5.56 Å². The molecule has 3 rings (SSSR count). The minimum atomic E-state index is -3.60. The normalized spacial score (nSPS) is 14.1. The minimum Gasteiger partial charge on any atom is -0.372 e. The summed E-state index contributed by atoms with van der Waals surface area (Å²) in [5.41, 5.74) is 3.31. The van der Waals surface area contributed by atoms with Crippen molar-refractivity contribution in [1.29, 1.82) is 0 Å². The van der Waals surface area contributed by atoms with Crippen molar-refractivity contribution in [3.05, 3.63) is 66.2 Å². The van der Waals surface area contributed by atoms with Gasteiger partial charge in [0.05, 0.1) is 4.90 Å². The smallest absolute Gasteiger partial charge is 0.255 e. The lowest BCUT2D eigenvalue weighted by molar-refractivity contribution is 0.102. The molecule has 1 aliphatic rings. The molecule has 6 nitrogen and oxygen atoms in total. The van der Waals surface area contributed by atoms with E-state index in [1.807, 2.05) is 19.1 Å². The van der Waals surface area contributed by atoms with Gasteiger partial charge < -0.3 is 10.2 Å². The van der Waals surface area contributed by atoms with Crippen LogP contribution in [0.5, 0.6) is 0 Å². The maximum absolute atomic E-state index is 12.5. The van der Waals surface area contributed by atoms with Crippen LogP contribution in [0.25, 0.3) is 0 Å². The number of nitrogens with one attached hydrogen (secondary N) is 2. The first-order valence-corrected chi connectivity index (χ1v) is 10.8. The summed E-state index contributed by atoms with van der Waals surface area (Å²) in [4.78, 5) is 15.0. The molecule has 2 aromatic carbocycles. The van der Waals surface area contributed by atoms with Crippen LogP contribution in [0.1, 0.15) is 28.8 Å². The van der Waals surface area contributed by atoms with Gasteiger partial charge in [-0.1, -0.05) is 6.08 Å². The number of anilines is 2. The lowest BCUT2D eigenvalue weighted by Gasteiger charge is -2.19. The number of sulfonamides is 1. The summed E-state index contributed by atoms with van der Waals surface area (Å²) in [7, 11) is -3.60. The summed E-state index contributed by atoms with van der Waals surface area (Å²) in [5, 5.41) is 2.90. The first-order chi connectivity index (χ1) is 13.4. The third-order valence-corrected chi connectivity index (χ3v) is 6.21. The van der Waals surface area contributed by atoms with Crippen molar-refractivity contribution >= 4 is 27.3 Å².